The Balaban J connectivity index is 1.61. The van der Waals surface area contributed by atoms with E-state index in [2.05, 4.69) is 35.8 Å². The number of rotatable bonds is 5. The summed E-state index contributed by atoms with van der Waals surface area (Å²) in [6, 6.07) is 17.8. The highest BCUT2D eigenvalue weighted by Crippen LogP contribution is 2.34. The maximum atomic E-state index is 13.0. The zero-order valence-electron chi connectivity index (χ0n) is 16.4. The summed E-state index contributed by atoms with van der Waals surface area (Å²) in [6.07, 6.45) is 4.41. The minimum absolute atomic E-state index is 0.00448. The summed E-state index contributed by atoms with van der Waals surface area (Å²) in [5.74, 6) is 0.962. The van der Waals surface area contributed by atoms with Crippen LogP contribution in [0.5, 0.6) is 0 Å². The molecule has 2 amide bonds. The van der Waals surface area contributed by atoms with Gasteiger partial charge in [-0.3, -0.25) is 4.79 Å². The summed E-state index contributed by atoms with van der Waals surface area (Å²) in [6.45, 7) is 5.21. The Morgan fingerprint density at radius 2 is 1.83 bits per heavy atom. The number of amides is 2. The zero-order chi connectivity index (χ0) is 20.4. The Labute approximate surface area is 170 Å². The van der Waals surface area contributed by atoms with Crippen LogP contribution in [0.2, 0.25) is 0 Å². The first-order valence-corrected chi connectivity index (χ1v) is 10.0. The third-order valence-corrected chi connectivity index (χ3v) is 6.15. The van der Waals surface area contributed by atoms with Crippen molar-refractivity contribution in [3.8, 4) is 0 Å². The number of fused-ring (bicyclic) bond motifs is 1. The molecule has 5 heteroatoms. The molecule has 0 saturated carbocycles. The van der Waals surface area contributed by atoms with Gasteiger partial charge in [-0.1, -0.05) is 36.9 Å². The molecular formula is C24H26N3O2+. The second-order valence-corrected chi connectivity index (χ2v) is 7.91. The number of nitrogens with one attached hydrogen (secondary N) is 1. The lowest BCUT2D eigenvalue weighted by Crippen LogP contribution is -2.58. The lowest BCUT2D eigenvalue weighted by Gasteiger charge is -2.39. The molecule has 1 aliphatic heterocycles. The quantitative estimate of drug-likeness (QED) is 0.513. The van der Waals surface area contributed by atoms with Crippen LogP contribution in [0.15, 0.2) is 67.3 Å². The first kappa shape index (κ1) is 19.2. The van der Waals surface area contributed by atoms with Crippen molar-refractivity contribution in [1.29, 1.82) is 0 Å². The molecule has 1 saturated heterocycles. The number of H-pyrrole nitrogens is 1. The molecule has 2 aromatic carbocycles. The number of hydrogen-bond donors (Lipinski definition) is 2. The second kappa shape index (κ2) is 7.68. The van der Waals surface area contributed by atoms with Crippen molar-refractivity contribution in [2.75, 3.05) is 13.1 Å². The van der Waals surface area contributed by atoms with Crippen molar-refractivity contribution in [1.82, 2.24) is 9.47 Å². The molecule has 1 fully saturated rings. The molecule has 0 radical (unpaired) electrons. The summed E-state index contributed by atoms with van der Waals surface area (Å²) >= 11 is 0. The van der Waals surface area contributed by atoms with Crippen LogP contribution in [0.1, 0.15) is 28.8 Å². The topological polar surface area (TPSA) is 76.0 Å². The average Bonchev–Trinajstić information content (AvgIpc) is 3.18. The van der Waals surface area contributed by atoms with Crippen LogP contribution in [0.25, 0.3) is 10.9 Å². The Bertz CT molecular complexity index is 1060. The normalized spacial score (nSPS) is 21.7. The van der Waals surface area contributed by atoms with E-state index in [4.69, 9.17) is 5.73 Å². The molecule has 3 N–H and O–H groups in total. The number of nitrogens with two attached hydrogens (primary N) is 1. The summed E-state index contributed by atoms with van der Waals surface area (Å²) in [5, 5.41) is 0.886. The Morgan fingerprint density at radius 1 is 1.10 bits per heavy atom. The second-order valence-electron chi connectivity index (χ2n) is 7.91. The van der Waals surface area contributed by atoms with Crippen LogP contribution in [0.4, 0.5) is 5.82 Å². The molecule has 148 valence electrons. The van der Waals surface area contributed by atoms with Gasteiger partial charge in [-0.05, 0) is 36.1 Å². The van der Waals surface area contributed by atoms with E-state index in [0.29, 0.717) is 11.5 Å². The summed E-state index contributed by atoms with van der Waals surface area (Å²) in [4.78, 5) is 27.9. The number of likely N-dealkylation sites (tertiary alicyclic amines) is 1. The number of aromatic nitrogens is 1. The van der Waals surface area contributed by atoms with Gasteiger partial charge in [-0.15, -0.1) is 0 Å². The Hall–Kier alpha value is -3.18. The Kier molecular flexibility index (Phi) is 5.07. The third-order valence-electron chi connectivity index (χ3n) is 6.15. The molecule has 4 rings (SSSR count). The Morgan fingerprint density at radius 3 is 2.48 bits per heavy atom. The number of nitrogens with zero attached hydrogens (tertiary/aromatic N) is 1. The van der Waals surface area contributed by atoms with Crippen LogP contribution in [0, 0.1) is 5.92 Å². The molecule has 0 spiro atoms. The molecule has 0 aliphatic carbocycles. The van der Waals surface area contributed by atoms with Crippen LogP contribution in [0.3, 0.4) is 0 Å². The van der Waals surface area contributed by atoms with Crippen molar-refractivity contribution in [3.05, 3.63) is 78.4 Å². The van der Waals surface area contributed by atoms with Gasteiger partial charge in [0.1, 0.15) is 0 Å². The minimum Gasteiger partial charge on any atom is -0.366 e. The van der Waals surface area contributed by atoms with Gasteiger partial charge in [-0.2, -0.15) is 0 Å². The van der Waals surface area contributed by atoms with Gasteiger partial charge in [0, 0.05) is 35.9 Å². The van der Waals surface area contributed by atoms with Gasteiger partial charge in [0.25, 0.3) is 0 Å². The summed E-state index contributed by atoms with van der Waals surface area (Å²) in [5.41, 5.74) is 8.11. The maximum Gasteiger partial charge on any atom is 0.344 e. The predicted octanol–water partition coefficient (Wildman–Crippen LogP) is 3.94. The van der Waals surface area contributed by atoms with Gasteiger partial charge in [0.15, 0.2) is 0 Å². The third kappa shape index (κ3) is 3.61. The number of aromatic amines is 1. The first-order valence-electron chi connectivity index (χ1n) is 10.0. The highest BCUT2D eigenvalue weighted by atomic mass is 16.2. The number of carbonyl (C=O) groups excluding carboxylic acids is 2. The van der Waals surface area contributed by atoms with Gasteiger partial charge in [0.05, 0.1) is 18.6 Å². The number of piperidine rings is 1. The van der Waals surface area contributed by atoms with Crippen molar-refractivity contribution >= 4 is 28.5 Å². The SMILES string of the molecule is C=CC(=O)[N+]1(c2cc3cc(C(N)=O)ccc3[nH]2)CCC(Cc2ccccc2)CC1. The van der Waals surface area contributed by atoms with Crippen LogP contribution < -0.4 is 10.2 Å². The number of benzene rings is 2. The lowest BCUT2D eigenvalue weighted by atomic mass is 9.88. The minimum atomic E-state index is -0.456. The average molecular weight is 388 g/mol. The fourth-order valence-electron chi connectivity index (χ4n) is 4.47. The lowest BCUT2D eigenvalue weighted by molar-refractivity contribution is -0.126. The number of carbonyl (C=O) groups is 2. The highest BCUT2D eigenvalue weighted by Gasteiger charge is 2.42. The van der Waals surface area contributed by atoms with Crippen molar-refractivity contribution in [2.45, 2.75) is 19.3 Å². The highest BCUT2D eigenvalue weighted by molar-refractivity contribution is 6.00. The fourth-order valence-corrected chi connectivity index (χ4v) is 4.47. The van der Waals surface area contributed by atoms with Crippen LogP contribution in [-0.2, 0) is 11.2 Å². The molecule has 0 bridgehead atoms. The largest absolute Gasteiger partial charge is 0.366 e. The molecule has 0 unspecified atom stereocenters. The number of primary amides is 1. The van der Waals surface area contributed by atoms with E-state index in [1.165, 1.54) is 11.6 Å². The van der Waals surface area contributed by atoms with Gasteiger partial charge in [0.2, 0.25) is 11.7 Å². The molecule has 3 aromatic rings. The first-order chi connectivity index (χ1) is 14.0. The summed E-state index contributed by atoms with van der Waals surface area (Å²) in [7, 11) is 0. The molecule has 0 atom stereocenters. The van der Waals surface area contributed by atoms with Crippen molar-refractivity contribution < 1.29 is 9.59 Å². The van der Waals surface area contributed by atoms with E-state index in [1.54, 1.807) is 12.1 Å². The van der Waals surface area contributed by atoms with E-state index < -0.39 is 5.91 Å². The zero-order valence-corrected chi connectivity index (χ0v) is 16.4. The number of quaternary nitrogens is 1. The van der Waals surface area contributed by atoms with E-state index in [1.807, 2.05) is 18.2 Å². The van der Waals surface area contributed by atoms with E-state index in [0.717, 1.165) is 49.1 Å². The van der Waals surface area contributed by atoms with Gasteiger partial charge < -0.3 is 10.7 Å². The standard InChI is InChI=1S/C24H25N3O2/c1-2-23(28)27(12-10-18(11-13-27)14-17-6-4-3-5-7-17)22-16-20-15-19(24(25)29)8-9-21(20)26-22/h2-9,15-16,18H,1,10-14H2,(H2-,25,26,29)/p+1. The molecule has 1 aliphatic rings. The summed E-state index contributed by atoms with van der Waals surface area (Å²) < 4.78 is 0.245. The molecular weight excluding hydrogens is 362 g/mol. The fraction of sp³-hybridized carbons (Fsp3) is 0.250. The van der Waals surface area contributed by atoms with Crippen molar-refractivity contribution in [3.63, 3.8) is 0 Å². The maximum absolute atomic E-state index is 13.0. The van der Waals surface area contributed by atoms with Crippen LogP contribution in [-0.4, -0.2) is 29.9 Å². The molecule has 1 aromatic heterocycles. The molecule has 5 nitrogen and oxygen atoms in total. The van der Waals surface area contributed by atoms with E-state index >= 15 is 0 Å². The van der Waals surface area contributed by atoms with Gasteiger partial charge >= 0.3 is 5.91 Å². The molecule has 2 heterocycles. The molecule has 29 heavy (non-hydrogen) atoms. The predicted molar refractivity (Wildman–Crippen MR) is 116 cm³/mol. The smallest absolute Gasteiger partial charge is 0.344 e. The van der Waals surface area contributed by atoms with E-state index in [-0.39, 0.29) is 10.4 Å². The van der Waals surface area contributed by atoms with Crippen molar-refractivity contribution in [2.24, 2.45) is 11.7 Å². The van der Waals surface area contributed by atoms with Gasteiger partial charge in [-0.25, -0.2) is 9.28 Å². The van der Waals surface area contributed by atoms with Crippen LogP contribution >= 0.6 is 0 Å². The monoisotopic (exact) mass is 388 g/mol. The van der Waals surface area contributed by atoms with E-state index in [9.17, 15) is 9.59 Å². The number of hydrogen-bond acceptors (Lipinski definition) is 2.